The van der Waals surface area contributed by atoms with Gasteiger partial charge in [0.1, 0.15) is 11.4 Å². The van der Waals surface area contributed by atoms with Crippen LogP contribution in [0.2, 0.25) is 0 Å². The van der Waals surface area contributed by atoms with Gasteiger partial charge in [-0.25, -0.2) is 0 Å². The van der Waals surface area contributed by atoms with E-state index in [0.717, 1.165) is 24.5 Å². The fourth-order valence-corrected chi connectivity index (χ4v) is 3.06. The van der Waals surface area contributed by atoms with Gasteiger partial charge in [-0.2, -0.15) is 5.10 Å². The Hall–Kier alpha value is -2.82. The van der Waals surface area contributed by atoms with Crippen LogP contribution < -0.4 is 4.90 Å². The molecule has 22 heavy (non-hydrogen) atoms. The Balaban J connectivity index is 1.77. The van der Waals surface area contributed by atoms with E-state index in [1.54, 1.807) is 10.9 Å². The Morgan fingerprint density at radius 1 is 1.14 bits per heavy atom. The topological polar surface area (TPSA) is 43.1 Å². The first-order chi connectivity index (χ1) is 10.8. The van der Waals surface area contributed by atoms with Gasteiger partial charge in [-0.3, -0.25) is 9.48 Å². The minimum absolute atomic E-state index is 0.00162. The highest BCUT2D eigenvalue weighted by Crippen LogP contribution is 2.29. The smallest absolute Gasteiger partial charge is 0.263 e. The minimum Gasteiger partial charge on any atom is -0.308 e. The summed E-state index contributed by atoms with van der Waals surface area (Å²) in [6.45, 7) is 0.720. The lowest BCUT2D eigenvalue weighted by molar-refractivity contribution is 0.0989. The summed E-state index contributed by atoms with van der Waals surface area (Å²) in [7, 11) is 1.85. The molecule has 110 valence electrons. The molecule has 1 aliphatic heterocycles. The van der Waals surface area contributed by atoms with Gasteiger partial charge in [-0.05, 0) is 30.2 Å². The summed E-state index contributed by atoms with van der Waals surface area (Å²) >= 11 is 0. The lowest BCUT2D eigenvalue weighted by atomic mass is 10.2. The summed E-state index contributed by atoms with van der Waals surface area (Å²) in [5.74, 6) is 0.793. The molecule has 0 atom stereocenters. The van der Waals surface area contributed by atoms with E-state index in [9.17, 15) is 4.79 Å². The second-order valence-electron chi connectivity index (χ2n) is 5.43. The zero-order valence-corrected chi connectivity index (χ0v) is 12.3. The highest BCUT2D eigenvalue weighted by Gasteiger charge is 2.28. The fraction of sp³-hybridized carbons (Fsp3) is 0.176. The Kier molecular flexibility index (Phi) is 2.85. The number of carbonyl (C=O) groups excluding carboxylic acids is 1. The number of anilines is 1. The van der Waals surface area contributed by atoms with Gasteiger partial charge >= 0.3 is 0 Å². The number of aromatic nitrogens is 3. The number of benzene rings is 1. The van der Waals surface area contributed by atoms with Crippen LogP contribution in [0.4, 0.5) is 5.69 Å². The standard InChI is InChI=1S/C17H16N4O/c1-19-16(20-9-4-5-10-20)14(12-18-19)17(22)21-11-8-13-6-2-3-7-15(13)21/h2-7,9-10,12H,8,11H2,1H3. The van der Waals surface area contributed by atoms with Gasteiger partial charge in [-0.1, -0.05) is 18.2 Å². The van der Waals surface area contributed by atoms with Crippen molar-refractivity contribution in [1.82, 2.24) is 14.3 Å². The minimum atomic E-state index is 0.00162. The molecule has 1 aromatic carbocycles. The lowest BCUT2D eigenvalue weighted by Gasteiger charge is -2.17. The third-order valence-electron chi connectivity index (χ3n) is 4.12. The molecule has 0 bridgehead atoms. The van der Waals surface area contributed by atoms with E-state index in [4.69, 9.17) is 0 Å². The zero-order chi connectivity index (χ0) is 15.1. The first-order valence-electron chi connectivity index (χ1n) is 7.31. The molecular formula is C17H16N4O. The molecule has 0 saturated heterocycles. The van der Waals surface area contributed by atoms with E-state index in [1.165, 1.54) is 5.56 Å². The van der Waals surface area contributed by atoms with Crippen molar-refractivity contribution < 1.29 is 4.79 Å². The van der Waals surface area contributed by atoms with Crippen LogP contribution in [-0.4, -0.2) is 26.8 Å². The SMILES string of the molecule is Cn1ncc(C(=O)N2CCc3ccccc32)c1-n1cccc1. The maximum absolute atomic E-state index is 13.0. The summed E-state index contributed by atoms with van der Waals surface area (Å²) in [6.07, 6.45) is 6.40. The number of aryl methyl sites for hydroxylation is 1. The van der Waals surface area contributed by atoms with Crippen molar-refractivity contribution in [3.63, 3.8) is 0 Å². The van der Waals surface area contributed by atoms with Crippen molar-refractivity contribution in [2.24, 2.45) is 7.05 Å². The van der Waals surface area contributed by atoms with Crippen molar-refractivity contribution in [3.05, 3.63) is 66.1 Å². The van der Waals surface area contributed by atoms with E-state index in [0.29, 0.717) is 5.56 Å². The van der Waals surface area contributed by atoms with Gasteiger partial charge in [-0.15, -0.1) is 0 Å². The van der Waals surface area contributed by atoms with E-state index in [1.807, 2.05) is 59.2 Å². The predicted octanol–water partition coefficient (Wildman–Crippen LogP) is 2.41. The van der Waals surface area contributed by atoms with Crippen LogP contribution in [0.5, 0.6) is 0 Å². The Morgan fingerprint density at radius 3 is 2.73 bits per heavy atom. The molecule has 5 heteroatoms. The van der Waals surface area contributed by atoms with Crippen LogP contribution in [0.3, 0.4) is 0 Å². The molecule has 3 heterocycles. The van der Waals surface area contributed by atoms with Gasteiger partial charge in [0.2, 0.25) is 0 Å². The summed E-state index contributed by atoms with van der Waals surface area (Å²) in [4.78, 5) is 14.8. The van der Waals surface area contributed by atoms with Crippen molar-refractivity contribution in [2.45, 2.75) is 6.42 Å². The monoisotopic (exact) mass is 292 g/mol. The number of hydrogen-bond donors (Lipinski definition) is 0. The molecule has 0 saturated carbocycles. The number of hydrogen-bond acceptors (Lipinski definition) is 2. The molecule has 0 fully saturated rings. The average Bonchev–Trinajstić information content (AvgIpc) is 3.25. The largest absolute Gasteiger partial charge is 0.308 e. The zero-order valence-electron chi connectivity index (χ0n) is 12.3. The molecule has 1 amide bonds. The van der Waals surface area contributed by atoms with E-state index < -0.39 is 0 Å². The third kappa shape index (κ3) is 1.86. The van der Waals surface area contributed by atoms with E-state index in [2.05, 4.69) is 11.2 Å². The summed E-state index contributed by atoms with van der Waals surface area (Å²) in [5, 5.41) is 4.27. The van der Waals surface area contributed by atoms with Gasteiger partial charge in [0.25, 0.3) is 5.91 Å². The molecule has 5 nitrogen and oxygen atoms in total. The number of nitrogens with zero attached hydrogens (tertiary/aromatic N) is 4. The third-order valence-corrected chi connectivity index (χ3v) is 4.12. The van der Waals surface area contributed by atoms with Crippen LogP contribution in [-0.2, 0) is 13.5 Å². The number of carbonyl (C=O) groups is 1. The van der Waals surface area contributed by atoms with Crippen LogP contribution in [0.1, 0.15) is 15.9 Å². The first kappa shape index (κ1) is 12.9. The number of rotatable bonds is 2. The van der Waals surface area contributed by atoms with Crippen LogP contribution in [0.25, 0.3) is 5.82 Å². The Morgan fingerprint density at radius 2 is 1.91 bits per heavy atom. The van der Waals surface area contributed by atoms with Gasteiger partial charge in [0, 0.05) is 31.7 Å². The predicted molar refractivity (Wildman–Crippen MR) is 84.4 cm³/mol. The second kappa shape index (κ2) is 4.87. The number of fused-ring (bicyclic) bond motifs is 1. The van der Waals surface area contributed by atoms with Crippen molar-refractivity contribution in [2.75, 3.05) is 11.4 Å². The van der Waals surface area contributed by atoms with E-state index in [-0.39, 0.29) is 5.91 Å². The molecule has 0 N–H and O–H groups in total. The number of para-hydroxylation sites is 1. The molecule has 3 aromatic rings. The summed E-state index contributed by atoms with van der Waals surface area (Å²) in [6, 6.07) is 12.0. The van der Waals surface area contributed by atoms with Crippen molar-refractivity contribution in [1.29, 1.82) is 0 Å². The molecule has 0 spiro atoms. The summed E-state index contributed by atoms with van der Waals surface area (Å²) in [5.41, 5.74) is 2.85. The molecule has 2 aromatic heterocycles. The Bertz CT molecular complexity index is 832. The summed E-state index contributed by atoms with van der Waals surface area (Å²) < 4.78 is 3.65. The van der Waals surface area contributed by atoms with Crippen molar-refractivity contribution in [3.8, 4) is 5.82 Å². The van der Waals surface area contributed by atoms with Crippen LogP contribution in [0.15, 0.2) is 55.0 Å². The fourth-order valence-electron chi connectivity index (χ4n) is 3.06. The van der Waals surface area contributed by atoms with Gasteiger partial charge in [0.15, 0.2) is 0 Å². The molecule has 1 aliphatic rings. The van der Waals surface area contributed by atoms with Crippen LogP contribution in [0, 0.1) is 0 Å². The highest BCUT2D eigenvalue weighted by molar-refractivity contribution is 6.09. The Labute approximate surface area is 128 Å². The van der Waals surface area contributed by atoms with Crippen molar-refractivity contribution >= 4 is 11.6 Å². The molecule has 0 aliphatic carbocycles. The van der Waals surface area contributed by atoms with Gasteiger partial charge in [0.05, 0.1) is 6.20 Å². The maximum Gasteiger partial charge on any atom is 0.263 e. The lowest BCUT2D eigenvalue weighted by Crippen LogP contribution is -2.29. The average molecular weight is 292 g/mol. The molecular weight excluding hydrogens is 276 g/mol. The van der Waals surface area contributed by atoms with Crippen LogP contribution >= 0.6 is 0 Å². The highest BCUT2D eigenvalue weighted by atomic mass is 16.2. The normalized spacial score (nSPS) is 13.4. The quantitative estimate of drug-likeness (QED) is 0.728. The molecule has 0 unspecified atom stereocenters. The molecule has 0 radical (unpaired) electrons. The first-order valence-corrected chi connectivity index (χ1v) is 7.31. The maximum atomic E-state index is 13.0. The van der Waals surface area contributed by atoms with Gasteiger partial charge < -0.3 is 9.47 Å². The molecule has 4 rings (SSSR count). The second-order valence-corrected chi connectivity index (χ2v) is 5.43. The number of amides is 1. The van der Waals surface area contributed by atoms with E-state index >= 15 is 0 Å².